The third-order valence-corrected chi connectivity index (χ3v) is 9.19. The van der Waals surface area contributed by atoms with Gasteiger partial charge in [-0.05, 0) is 60.3 Å². The van der Waals surface area contributed by atoms with Gasteiger partial charge in [-0.25, -0.2) is 4.79 Å². The fourth-order valence-corrected chi connectivity index (χ4v) is 7.45. The predicted octanol–water partition coefficient (Wildman–Crippen LogP) is 7.11. The predicted molar refractivity (Wildman–Crippen MR) is 137 cm³/mol. The SMILES string of the molecule is O=C(CC1CCCCC1)C1CC2CCCC(C1)N2C(=O)OCC1c2ccccc2-c2ccccc21. The largest absolute Gasteiger partial charge is 0.448 e. The molecule has 3 fully saturated rings. The number of nitrogens with zero attached hydrogens (tertiary/aromatic N) is 1. The van der Waals surface area contributed by atoms with Gasteiger partial charge in [-0.3, -0.25) is 4.79 Å². The minimum Gasteiger partial charge on any atom is -0.448 e. The Hall–Kier alpha value is -2.62. The lowest BCUT2D eigenvalue weighted by Gasteiger charge is -2.48. The molecule has 2 bridgehead atoms. The van der Waals surface area contributed by atoms with E-state index in [0.29, 0.717) is 18.3 Å². The molecule has 2 atom stereocenters. The Balaban J connectivity index is 1.11. The van der Waals surface area contributed by atoms with Crippen LogP contribution in [0, 0.1) is 11.8 Å². The molecule has 2 aromatic carbocycles. The van der Waals surface area contributed by atoms with Crippen LogP contribution in [0.4, 0.5) is 4.79 Å². The van der Waals surface area contributed by atoms with Gasteiger partial charge in [0.05, 0.1) is 0 Å². The smallest absolute Gasteiger partial charge is 0.410 e. The lowest BCUT2D eigenvalue weighted by atomic mass is 9.74. The summed E-state index contributed by atoms with van der Waals surface area (Å²) in [5.41, 5.74) is 4.99. The summed E-state index contributed by atoms with van der Waals surface area (Å²) in [5, 5.41) is 0. The van der Waals surface area contributed by atoms with Crippen molar-refractivity contribution < 1.29 is 14.3 Å². The van der Waals surface area contributed by atoms with E-state index in [1.165, 1.54) is 54.4 Å². The average molecular weight is 472 g/mol. The van der Waals surface area contributed by atoms with Gasteiger partial charge in [0.2, 0.25) is 0 Å². The maximum absolute atomic E-state index is 13.4. The van der Waals surface area contributed by atoms with Gasteiger partial charge in [-0.2, -0.15) is 0 Å². The van der Waals surface area contributed by atoms with E-state index in [0.717, 1.165) is 38.5 Å². The first-order valence-electron chi connectivity index (χ1n) is 13.8. The van der Waals surface area contributed by atoms with Crippen molar-refractivity contribution in [2.45, 2.75) is 88.6 Å². The topological polar surface area (TPSA) is 46.6 Å². The molecular weight excluding hydrogens is 434 g/mol. The summed E-state index contributed by atoms with van der Waals surface area (Å²) in [6.45, 7) is 0.368. The van der Waals surface area contributed by atoms with Gasteiger partial charge in [-0.15, -0.1) is 0 Å². The van der Waals surface area contributed by atoms with Crippen molar-refractivity contribution in [1.82, 2.24) is 4.90 Å². The molecule has 2 aromatic rings. The maximum atomic E-state index is 13.4. The van der Waals surface area contributed by atoms with Gasteiger partial charge in [-0.1, -0.05) is 80.6 Å². The van der Waals surface area contributed by atoms with Crippen LogP contribution in [0.15, 0.2) is 48.5 Å². The zero-order valence-corrected chi connectivity index (χ0v) is 20.7. The first-order chi connectivity index (χ1) is 17.2. The van der Waals surface area contributed by atoms with E-state index in [1.807, 2.05) is 4.90 Å². The van der Waals surface area contributed by atoms with Crippen LogP contribution >= 0.6 is 0 Å². The highest BCUT2D eigenvalue weighted by atomic mass is 16.6. The number of Topliss-reactive ketones (excluding diaryl/α,β-unsaturated/α-hetero) is 1. The van der Waals surface area contributed by atoms with Gasteiger partial charge in [0, 0.05) is 30.3 Å². The standard InChI is InChI=1S/C31H37NO3/c33-30(17-21-9-2-1-3-10-21)22-18-23-11-8-12-24(19-22)32(23)31(34)35-20-29-27-15-6-4-13-25(27)26-14-5-7-16-28(26)29/h4-7,13-16,21-24,29H,1-3,8-12,17-20H2. The Labute approximate surface area is 209 Å². The van der Waals surface area contributed by atoms with Crippen molar-refractivity contribution in [1.29, 1.82) is 0 Å². The highest BCUT2D eigenvalue weighted by Crippen LogP contribution is 2.45. The molecule has 4 aliphatic rings. The molecule has 2 unspecified atom stereocenters. The highest BCUT2D eigenvalue weighted by Gasteiger charge is 2.44. The average Bonchev–Trinajstić information content (AvgIpc) is 3.21. The minimum absolute atomic E-state index is 0.0841. The zero-order chi connectivity index (χ0) is 23.8. The first-order valence-corrected chi connectivity index (χ1v) is 13.8. The molecule has 2 saturated heterocycles. The second kappa shape index (κ2) is 9.79. The number of amides is 1. The second-order valence-corrected chi connectivity index (χ2v) is 11.3. The van der Waals surface area contributed by atoms with Crippen molar-refractivity contribution in [3.8, 4) is 11.1 Å². The number of fused-ring (bicyclic) bond motifs is 5. The number of piperidine rings is 2. The van der Waals surface area contributed by atoms with E-state index in [9.17, 15) is 9.59 Å². The molecule has 184 valence electrons. The third-order valence-electron chi connectivity index (χ3n) is 9.19. The van der Waals surface area contributed by atoms with Gasteiger partial charge in [0.25, 0.3) is 0 Å². The first kappa shape index (κ1) is 22.8. The fourth-order valence-electron chi connectivity index (χ4n) is 7.45. The molecule has 0 radical (unpaired) electrons. The Bertz CT molecular complexity index is 1030. The Kier molecular flexibility index (Phi) is 6.39. The number of hydrogen-bond donors (Lipinski definition) is 0. The summed E-state index contributed by atoms with van der Waals surface area (Å²) in [4.78, 5) is 28.6. The normalized spacial score (nSPS) is 26.2. The number of ketones is 1. The summed E-state index contributed by atoms with van der Waals surface area (Å²) in [7, 11) is 0. The molecule has 2 aliphatic heterocycles. The van der Waals surface area contributed by atoms with E-state index in [4.69, 9.17) is 4.74 Å². The molecule has 0 aromatic heterocycles. The fraction of sp³-hybridized carbons (Fsp3) is 0.548. The van der Waals surface area contributed by atoms with Crippen LogP contribution < -0.4 is 0 Å². The van der Waals surface area contributed by atoms with Crippen LogP contribution in [0.3, 0.4) is 0 Å². The van der Waals surface area contributed by atoms with Crippen molar-refractivity contribution in [3.63, 3.8) is 0 Å². The van der Waals surface area contributed by atoms with E-state index < -0.39 is 0 Å². The molecule has 0 spiro atoms. The zero-order valence-electron chi connectivity index (χ0n) is 20.7. The van der Waals surface area contributed by atoms with Crippen LogP contribution in [0.2, 0.25) is 0 Å². The number of ether oxygens (including phenoxy) is 1. The van der Waals surface area contributed by atoms with E-state index in [2.05, 4.69) is 48.5 Å². The van der Waals surface area contributed by atoms with Crippen LogP contribution in [0.25, 0.3) is 11.1 Å². The third kappa shape index (κ3) is 4.41. The van der Waals surface area contributed by atoms with Gasteiger partial charge >= 0.3 is 6.09 Å². The molecule has 0 N–H and O–H groups in total. The maximum Gasteiger partial charge on any atom is 0.410 e. The lowest BCUT2D eigenvalue weighted by Crippen LogP contribution is -2.56. The van der Waals surface area contributed by atoms with Crippen molar-refractivity contribution in [2.75, 3.05) is 6.61 Å². The Morgan fingerprint density at radius 2 is 1.37 bits per heavy atom. The summed E-state index contributed by atoms with van der Waals surface area (Å²) in [6, 6.07) is 17.2. The van der Waals surface area contributed by atoms with Crippen molar-refractivity contribution in [2.24, 2.45) is 11.8 Å². The summed E-state index contributed by atoms with van der Waals surface area (Å²) >= 11 is 0. The van der Waals surface area contributed by atoms with Crippen LogP contribution in [0.5, 0.6) is 0 Å². The number of hydrogen-bond acceptors (Lipinski definition) is 3. The highest BCUT2D eigenvalue weighted by molar-refractivity contribution is 5.82. The van der Waals surface area contributed by atoms with Gasteiger partial charge < -0.3 is 9.64 Å². The summed E-state index contributed by atoms with van der Waals surface area (Å²) in [6.07, 6.45) is 11.7. The van der Waals surface area contributed by atoms with Gasteiger partial charge in [0.15, 0.2) is 0 Å². The molecule has 2 aliphatic carbocycles. The molecule has 1 amide bonds. The van der Waals surface area contributed by atoms with E-state index >= 15 is 0 Å². The molecule has 35 heavy (non-hydrogen) atoms. The number of rotatable bonds is 5. The molecule has 4 nitrogen and oxygen atoms in total. The summed E-state index contributed by atoms with van der Waals surface area (Å²) < 4.78 is 6.03. The number of benzene rings is 2. The van der Waals surface area contributed by atoms with Crippen LogP contribution in [0.1, 0.15) is 87.7 Å². The molecular formula is C31H37NO3. The van der Waals surface area contributed by atoms with Crippen LogP contribution in [-0.4, -0.2) is 35.5 Å². The molecule has 2 heterocycles. The van der Waals surface area contributed by atoms with E-state index in [1.54, 1.807) is 0 Å². The molecule has 4 heteroatoms. The van der Waals surface area contributed by atoms with Crippen molar-refractivity contribution >= 4 is 11.9 Å². The second-order valence-electron chi connectivity index (χ2n) is 11.3. The molecule has 6 rings (SSSR count). The van der Waals surface area contributed by atoms with E-state index in [-0.39, 0.29) is 30.0 Å². The van der Waals surface area contributed by atoms with Gasteiger partial charge in [0.1, 0.15) is 12.4 Å². The Morgan fingerprint density at radius 3 is 2.00 bits per heavy atom. The lowest BCUT2D eigenvalue weighted by molar-refractivity contribution is -0.127. The number of carbonyl (C=O) groups excluding carboxylic acids is 2. The monoisotopic (exact) mass is 471 g/mol. The van der Waals surface area contributed by atoms with Crippen LogP contribution in [-0.2, 0) is 9.53 Å². The quantitative estimate of drug-likeness (QED) is 0.467. The Morgan fingerprint density at radius 1 is 0.771 bits per heavy atom. The molecule has 1 saturated carbocycles. The summed E-state index contributed by atoms with van der Waals surface area (Å²) in [5.74, 6) is 1.27. The van der Waals surface area contributed by atoms with Crippen molar-refractivity contribution in [3.05, 3.63) is 59.7 Å². The number of carbonyl (C=O) groups is 2. The minimum atomic E-state index is -0.181.